The third-order valence-electron chi connectivity index (χ3n) is 2.71. The summed E-state index contributed by atoms with van der Waals surface area (Å²) in [5.74, 6) is 4.10. The lowest BCUT2D eigenvalue weighted by Gasteiger charge is -2.07. The quantitative estimate of drug-likeness (QED) is 0.585. The molecule has 0 bridgehead atoms. The Morgan fingerprint density at radius 2 is 1.35 bits per heavy atom. The molecule has 2 aromatic rings. The van der Waals surface area contributed by atoms with Gasteiger partial charge in [0, 0.05) is 5.33 Å². The van der Waals surface area contributed by atoms with E-state index in [1.54, 1.807) is 0 Å². The Hall–Kier alpha value is -1.92. The van der Waals surface area contributed by atoms with Crippen LogP contribution in [-0.4, -0.2) is 18.5 Å². The van der Waals surface area contributed by atoms with Crippen molar-refractivity contribution in [2.24, 2.45) is 0 Å². The van der Waals surface area contributed by atoms with Crippen molar-refractivity contribution in [1.82, 2.24) is 0 Å². The highest BCUT2D eigenvalue weighted by Crippen LogP contribution is 2.24. The Balaban J connectivity index is 2.05. The molecule has 0 N–H and O–H groups in total. The van der Waals surface area contributed by atoms with E-state index in [2.05, 4.69) is 21.9 Å². The first-order valence-electron chi connectivity index (χ1n) is 6.29. The zero-order valence-corrected chi connectivity index (χ0v) is 12.6. The number of ether oxygens (including phenoxy) is 2. The van der Waals surface area contributed by atoms with Gasteiger partial charge in [-0.05, 0) is 35.4 Å². The maximum Gasteiger partial charge on any atom is 0.148 e. The molecule has 2 rings (SSSR count). The normalized spacial score (nSPS) is 9.80. The monoisotopic (exact) mass is 330 g/mol. The van der Waals surface area contributed by atoms with E-state index in [0.29, 0.717) is 13.2 Å². The zero-order chi connectivity index (χ0) is 14.2. The highest BCUT2D eigenvalue weighted by atomic mass is 79.9. The average Bonchev–Trinajstić information content (AvgIpc) is 2.52. The maximum absolute atomic E-state index is 5.52. The molecule has 0 unspecified atom stereocenters. The summed E-state index contributed by atoms with van der Waals surface area (Å²) in [5.41, 5.74) is 2.27. The summed E-state index contributed by atoms with van der Waals surface area (Å²) < 4.78 is 10.9. The lowest BCUT2D eigenvalue weighted by atomic mass is 10.1. The van der Waals surface area contributed by atoms with Crippen LogP contribution in [0.2, 0.25) is 0 Å². The van der Waals surface area contributed by atoms with Crippen molar-refractivity contribution >= 4 is 15.9 Å². The van der Waals surface area contributed by atoms with Gasteiger partial charge in [0.15, 0.2) is 0 Å². The molecule has 102 valence electrons. The molecular weight excluding hydrogens is 316 g/mol. The average molecular weight is 331 g/mol. The van der Waals surface area contributed by atoms with E-state index in [-0.39, 0.29) is 0 Å². The molecule has 0 aromatic heterocycles. The van der Waals surface area contributed by atoms with Crippen LogP contribution in [-0.2, 0) is 0 Å². The molecule has 20 heavy (non-hydrogen) atoms. The Morgan fingerprint density at radius 3 is 1.80 bits per heavy atom. The SMILES string of the molecule is C#CCOc1ccc(-c2ccc(OCCBr)cc2)cc1. The molecule has 0 spiro atoms. The van der Waals surface area contributed by atoms with E-state index < -0.39 is 0 Å². The molecule has 0 aliphatic rings. The molecular formula is C17H15BrO2. The molecule has 0 saturated carbocycles. The molecule has 0 atom stereocenters. The predicted octanol–water partition coefficient (Wildman–Crippen LogP) is 4.14. The van der Waals surface area contributed by atoms with Crippen molar-refractivity contribution in [1.29, 1.82) is 0 Å². The fraction of sp³-hybridized carbons (Fsp3) is 0.176. The molecule has 0 fully saturated rings. The third kappa shape index (κ3) is 4.04. The molecule has 0 heterocycles. The summed E-state index contributed by atoms with van der Waals surface area (Å²) >= 11 is 3.33. The number of hydrogen-bond acceptors (Lipinski definition) is 2. The third-order valence-corrected chi connectivity index (χ3v) is 3.03. The van der Waals surface area contributed by atoms with Crippen LogP contribution < -0.4 is 9.47 Å². The van der Waals surface area contributed by atoms with Crippen LogP contribution >= 0.6 is 15.9 Å². The largest absolute Gasteiger partial charge is 0.493 e. The van der Waals surface area contributed by atoms with Crippen LogP contribution in [0.1, 0.15) is 0 Å². The molecule has 0 amide bonds. The second kappa shape index (κ2) is 7.62. The van der Waals surface area contributed by atoms with E-state index in [9.17, 15) is 0 Å². The van der Waals surface area contributed by atoms with E-state index in [1.165, 1.54) is 0 Å². The standard InChI is InChI=1S/C17H15BrO2/c1-2-12-19-16-7-3-14(4-8-16)15-5-9-17(10-6-15)20-13-11-18/h1,3-10H,11-13H2. The molecule has 0 radical (unpaired) electrons. The van der Waals surface area contributed by atoms with Gasteiger partial charge in [0.2, 0.25) is 0 Å². The highest BCUT2D eigenvalue weighted by molar-refractivity contribution is 9.09. The number of benzene rings is 2. The minimum absolute atomic E-state index is 0.291. The Labute approximate surface area is 127 Å². The summed E-state index contributed by atoms with van der Waals surface area (Å²) in [6, 6.07) is 15.9. The molecule has 2 nitrogen and oxygen atoms in total. The summed E-state index contributed by atoms with van der Waals surface area (Å²) in [6.45, 7) is 0.958. The van der Waals surface area contributed by atoms with Crippen molar-refractivity contribution < 1.29 is 9.47 Å². The first-order chi connectivity index (χ1) is 9.83. The van der Waals surface area contributed by atoms with Crippen molar-refractivity contribution in [3.05, 3.63) is 48.5 Å². The molecule has 0 aliphatic carbocycles. The zero-order valence-electron chi connectivity index (χ0n) is 11.0. The second-order valence-electron chi connectivity index (χ2n) is 4.08. The number of hydrogen-bond donors (Lipinski definition) is 0. The minimum Gasteiger partial charge on any atom is -0.493 e. The lowest BCUT2D eigenvalue weighted by Crippen LogP contribution is -1.97. The van der Waals surface area contributed by atoms with Crippen molar-refractivity contribution in [2.75, 3.05) is 18.5 Å². The fourth-order valence-corrected chi connectivity index (χ4v) is 1.93. The molecule has 0 aliphatic heterocycles. The Morgan fingerprint density at radius 1 is 0.850 bits per heavy atom. The van der Waals surface area contributed by atoms with Gasteiger partial charge >= 0.3 is 0 Å². The predicted molar refractivity (Wildman–Crippen MR) is 85.5 cm³/mol. The number of halogens is 1. The van der Waals surface area contributed by atoms with E-state index in [1.807, 2.05) is 48.5 Å². The summed E-state index contributed by atoms with van der Waals surface area (Å²) in [5, 5.41) is 0.827. The Kier molecular flexibility index (Phi) is 5.52. The van der Waals surface area contributed by atoms with Gasteiger partial charge in [-0.15, -0.1) is 6.42 Å². The fourth-order valence-electron chi connectivity index (χ4n) is 1.77. The van der Waals surface area contributed by atoms with Gasteiger partial charge in [0.05, 0.1) is 6.61 Å². The number of alkyl halides is 1. The first-order valence-corrected chi connectivity index (χ1v) is 7.41. The van der Waals surface area contributed by atoms with Gasteiger partial charge in [-0.2, -0.15) is 0 Å². The van der Waals surface area contributed by atoms with E-state index >= 15 is 0 Å². The second-order valence-corrected chi connectivity index (χ2v) is 4.87. The molecule has 0 saturated heterocycles. The van der Waals surface area contributed by atoms with Gasteiger partial charge in [0.25, 0.3) is 0 Å². The topological polar surface area (TPSA) is 18.5 Å². The van der Waals surface area contributed by atoms with Crippen LogP contribution in [0.3, 0.4) is 0 Å². The van der Waals surface area contributed by atoms with Crippen molar-refractivity contribution in [3.8, 4) is 35.0 Å². The summed E-state index contributed by atoms with van der Waals surface area (Å²) in [7, 11) is 0. The van der Waals surface area contributed by atoms with Crippen molar-refractivity contribution in [3.63, 3.8) is 0 Å². The van der Waals surface area contributed by atoms with Crippen LogP contribution in [0.25, 0.3) is 11.1 Å². The van der Waals surface area contributed by atoms with Crippen LogP contribution in [0.5, 0.6) is 11.5 Å². The number of rotatable bonds is 6. The maximum atomic E-state index is 5.52. The van der Waals surface area contributed by atoms with Crippen LogP contribution in [0.4, 0.5) is 0 Å². The van der Waals surface area contributed by atoms with Crippen LogP contribution in [0.15, 0.2) is 48.5 Å². The number of terminal acetylenes is 1. The highest BCUT2D eigenvalue weighted by Gasteiger charge is 2.00. The minimum atomic E-state index is 0.291. The molecule has 3 heteroatoms. The van der Waals surface area contributed by atoms with Crippen LogP contribution in [0, 0.1) is 12.3 Å². The van der Waals surface area contributed by atoms with E-state index in [4.69, 9.17) is 15.9 Å². The smallest absolute Gasteiger partial charge is 0.148 e. The van der Waals surface area contributed by atoms with Gasteiger partial charge in [-0.3, -0.25) is 0 Å². The van der Waals surface area contributed by atoms with Gasteiger partial charge < -0.3 is 9.47 Å². The van der Waals surface area contributed by atoms with Gasteiger partial charge in [0.1, 0.15) is 18.1 Å². The lowest BCUT2D eigenvalue weighted by molar-refractivity contribution is 0.345. The van der Waals surface area contributed by atoms with Gasteiger partial charge in [-0.1, -0.05) is 46.1 Å². The first kappa shape index (κ1) is 14.5. The van der Waals surface area contributed by atoms with Crippen molar-refractivity contribution in [2.45, 2.75) is 0 Å². The summed E-state index contributed by atoms with van der Waals surface area (Å²) in [4.78, 5) is 0. The van der Waals surface area contributed by atoms with E-state index in [0.717, 1.165) is 28.0 Å². The Bertz CT molecular complexity index is 567. The van der Waals surface area contributed by atoms with Gasteiger partial charge in [-0.25, -0.2) is 0 Å². The molecule has 2 aromatic carbocycles. The summed E-state index contributed by atoms with van der Waals surface area (Å²) in [6.07, 6.45) is 5.16.